The summed E-state index contributed by atoms with van der Waals surface area (Å²) in [5, 5.41) is 3.85. The summed E-state index contributed by atoms with van der Waals surface area (Å²) < 4.78 is 51.2. The molecular weight excluding hydrogens is 429 g/mol. The van der Waals surface area contributed by atoms with Gasteiger partial charge in [-0.2, -0.15) is 13.2 Å². The number of nitrogens with one attached hydrogen (secondary N) is 1. The van der Waals surface area contributed by atoms with E-state index in [-0.39, 0.29) is 5.52 Å². The lowest BCUT2D eigenvalue weighted by Gasteiger charge is -2.15. The number of aromatic nitrogens is 1. The van der Waals surface area contributed by atoms with Crippen LogP contribution in [0.15, 0.2) is 66.9 Å². The van der Waals surface area contributed by atoms with E-state index in [4.69, 9.17) is 9.47 Å². The summed E-state index contributed by atoms with van der Waals surface area (Å²) >= 11 is 0. The summed E-state index contributed by atoms with van der Waals surface area (Å²) in [5.41, 5.74) is 3.42. The van der Waals surface area contributed by atoms with Crippen LogP contribution in [0.3, 0.4) is 0 Å². The monoisotopic (exact) mass is 452 g/mol. The Morgan fingerprint density at radius 1 is 0.909 bits per heavy atom. The van der Waals surface area contributed by atoms with Gasteiger partial charge in [-0.1, -0.05) is 30.3 Å². The molecule has 0 aliphatic heterocycles. The van der Waals surface area contributed by atoms with Crippen molar-refractivity contribution in [2.24, 2.45) is 0 Å². The Kier molecular flexibility index (Phi) is 6.14. The highest BCUT2D eigenvalue weighted by Crippen LogP contribution is 2.38. The Balaban J connectivity index is 1.68. The highest BCUT2D eigenvalue weighted by atomic mass is 19.4. The van der Waals surface area contributed by atoms with E-state index < -0.39 is 11.7 Å². The van der Waals surface area contributed by atoms with Crippen molar-refractivity contribution in [2.75, 3.05) is 19.5 Å². The molecule has 0 aliphatic carbocycles. The number of para-hydroxylation sites is 1. The molecule has 4 rings (SSSR count). The van der Waals surface area contributed by atoms with E-state index >= 15 is 0 Å². The molecular formula is C26H23F3N2O2. The topological polar surface area (TPSA) is 43.4 Å². The fraction of sp³-hybridized carbons (Fsp3) is 0.192. The van der Waals surface area contributed by atoms with Gasteiger partial charge in [-0.05, 0) is 59.5 Å². The quantitative estimate of drug-likeness (QED) is 0.347. The van der Waals surface area contributed by atoms with Gasteiger partial charge in [0.25, 0.3) is 0 Å². The van der Waals surface area contributed by atoms with Gasteiger partial charge in [0.1, 0.15) is 0 Å². The molecule has 0 atom stereocenters. The summed E-state index contributed by atoms with van der Waals surface area (Å²) in [5.74, 6) is 1.30. The van der Waals surface area contributed by atoms with Crippen LogP contribution in [-0.2, 0) is 12.7 Å². The molecule has 33 heavy (non-hydrogen) atoms. The predicted molar refractivity (Wildman–Crippen MR) is 124 cm³/mol. The van der Waals surface area contributed by atoms with E-state index in [0.717, 1.165) is 34.0 Å². The number of nitrogens with zero attached hydrogens (tertiary/aromatic N) is 1. The molecule has 1 N–H and O–H groups in total. The van der Waals surface area contributed by atoms with Crippen LogP contribution in [-0.4, -0.2) is 19.2 Å². The predicted octanol–water partition coefficient (Wildman–Crippen LogP) is 6.86. The van der Waals surface area contributed by atoms with Crippen molar-refractivity contribution >= 4 is 16.6 Å². The summed E-state index contributed by atoms with van der Waals surface area (Å²) in [6.07, 6.45) is -2.97. The number of methoxy groups -OCH3 is 2. The van der Waals surface area contributed by atoms with E-state index in [2.05, 4.69) is 10.3 Å². The number of halogens is 3. The molecule has 0 spiro atoms. The van der Waals surface area contributed by atoms with Crippen LogP contribution in [0.1, 0.15) is 16.7 Å². The van der Waals surface area contributed by atoms with Gasteiger partial charge in [0.2, 0.25) is 0 Å². The fourth-order valence-corrected chi connectivity index (χ4v) is 3.91. The minimum absolute atomic E-state index is 0.0470. The Hall–Kier alpha value is -3.74. The summed E-state index contributed by atoms with van der Waals surface area (Å²) in [6.45, 7) is 2.39. The molecule has 0 saturated carbocycles. The van der Waals surface area contributed by atoms with Gasteiger partial charge < -0.3 is 14.8 Å². The first-order chi connectivity index (χ1) is 15.8. The van der Waals surface area contributed by atoms with E-state index in [9.17, 15) is 13.2 Å². The zero-order chi connectivity index (χ0) is 23.6. The lowest BCUT2D eigenvalue weighted by molar-refractivity contribution is -0.136. The number of fused-ring (bicyclic) bond motifs is 1. The molecule has 1 aromatic heterocycles. The number of alkyl halides is 3. The number of anilines is 1. The van der Waals surface area contributed by atoms with Crippen LogP contribution in [0.4, 0.5) is 18.9 Å². The molecule has 7 heteroatoms. The molecule has 0 saturated heterocycles. The maximum atomic E-state index is 13.5. The van der Waals surface area contributed by atoms with Gasteiger partial charge in [0.05, 0.1) is 25.3 Å². The molecule has 0 aliphatic rings. The second-order valence-corrected chi connectivity index (χ2v) is 7.64. The number of aryl methyl sites for hydroxylation is 1. The lowest BCUT2D eigenvalue weighted by Crippen LogP contribution is -2.07. The molecule has 0 bridgehead atoms. The third-order valence-corrected chi connectivity index (χ3v) is 5.49. The average molecular weight is 452 g/mol. The number of rotatable bonds is 6. The van der Waals surface area contributed by atoms with Crippen molar-refractivity contribution in [1.29, 1.82) is 0 Å². The Labute approximate surface area is 190 Å². The Morgan fingerprint density at radius 3 is 2.39 bits per heavy atom. The highest BCUT2D eigenvalue weighted by Gasteiger charge is 2.33. The van der Waals surface area contributed by atoms with Crippen LogP contribution < -0.4 is 14.8 Å². The van der Waals surface area contributed by atoms with Crippen LogP contribution in [0.5, 0.6) is 11.5 Å². The molecule has 170 valence electrons. The Morgan fingerprint density at radius 2 is 1.67 bits per heavy atom. The second-order valence-electron chi connectivity index (χ2n) is 7.64. The number of pyridine rings is 1. The number of hydrogen-bond donors (Lipinski definition) is 1. The van der Waals surface area contributed by atoms with Gasteiger partial charge >= 0.3 is 6.18 Å². The molecule has 4 aromatic rings. The van der Waals surface area contributed by atoms with Crippen LogP contribution in [0, 0.1) is 6.92 Å². The number of benzene rings is 3. The normalized spacial score (nSPS) is 11.5. The SMILES string of the molecule is COc1ccc(CNc2cccc(-c3c(C)cnc4c(C(F)(F)F)cccc34)c2)cc1OC. The van der Waals surface area contributed by atoms with Crippen molar-refractivity contribution in [1.82, 2.24) is 4.98 Å². The van der Waals surface area contributed by atoms with Crippen molar-refractivity contribution < 1.29 is 22.6 Å². The van der Waals surface area contributed by atoms with Gasteiger partial charge in [-0.25, -0.2) is 0 Å². The summed E-state index contributed by atoms with van der Waals surface area (Å²) in [7, 11) is 3.17. The van der Waals surface area contributed by atoms with E-state index in [1.165, 1.54) is 12.3 Å². The molecule has 1 heterocycles. The molecule has 0 radical (unpaired) electrons. The third-order valence-electron chi connectivity index (χ3n) is 5.49. The van der Waals surface area contributed by atoms with E-state index in [1.807, 2.05) is 49.4 Å². The van der Waals surface area contributed by atoms with Crippen molar-refractivity contribution in [3.63, 3.8) is 0 Å². The standard InChI is InChI=1S/C26H23F3N2O2/c1-16-14-31-25-20(8-5-9-21(25)26(27,28)29)24(16)18-6-4-7-19(13-18)30-15-17-10-11-22(32-2)23(12-17)33-3/h4-14,30H,15H2,1-3H3. The lowest BCUT2D eigenvalue weighted by atomic mass is 9.95. The minimum Gasteiger partial charge on any atom is -0.493 e. The first kappa shape index (κ1) is 22.5. The maximum absolute atomic E-state index is 13.5. The first-order valence-corrected chi connectivity index (χ1v) is 10.3. The van der Waals surface area contributed by atoms with Gasteiger partial charge in [-0.3, -0.25) is 4.98 Å². The minimum atomic E-state index is -4.47. The van der Waals surface area contributed by atoms with Crippen LogP contribution in [0.2, 0.25) is 0 Å². The fourth-order valence-electron chi connectivity index (χ4n) is 3.91. The van der Waals surface area contributed by atoms with Crippen molar-refractivity contribution in [3.05, 3.63) is 83.6 Å². The van der Waals surface area contributed by atoms with E-state index in [1.54, 1.807) is 20.3 Å². The molecule has 0 amide bonds. The van der Waals surface area contributed by atoms with E-state index in [0.29, 0.717) is 23.4 Å². The second kappa shape index (κ2) is 9.02. The zero-order valence-corrected chi connectivity index (χ0v) is 18.5. The van der Waals surface area contributed by atoms with Crippen molar-refractivity contribution in [3.8, 4) is 22.6 Å². The summed E-state index contributed by atoms with van der Waals surface area (Å²) in [6, 6.07) is 17.5. The zero-order valence-electron chi connectivity index (χ0n) is 18.5. The van der Waals surface area contributed by atoms with Crippen LogP contribution in [0.25, 0.3) is 22.0 Å². The van der Waals surface area contributed by atoms with Gasteiger partial charge in [0, 0.05) is 23.8 Å². The third kappa shape index (κ3) is 4.58. The first-order valence-electron chi connectivity index (χ1n) is 10.3. The molecule has 0 fully saturated rings. The number of hydrogen-bond acceptors (Lipinski definition) is 4. The maximum Gasteiger partial charge on any atom is 0.418 e. The van der Waals surface area contributed by atoms with Gasteiger partial charge in [-0.15, -0.1) is 0 Å². The van der Waals surface area contributed by atoms with Crippen molar-refractivity contribution in [2.45, 2.75) is 19.6 Å². The molecule has 0 unspecified atom stereocenters. The molecule has 4 nitrogen and oxygen atoms in total. The smallest absolute Gasteiger partial charge is 0.418 e. The van der Waals surface area contributed by atoms with Crippen LogP contribution >= 0.6 is 0 Å². The largest absolute Gasteiger partial charge is 0.493 e. The highest BCUT2D eigenvalue weighted by molar-refractivity contribution is 5.98. The average Bonchev–Trinajstić information content (AvgIpc) is 2.81. The number of ether oxygens (including phenoxy) is 2. The Bertz CT molecular complexity index is 1300. The molecule has 3 aromatic carbocycles. The summed E-state index contributed by atoms with van der Waals surface area (Å²) in [4.78, 5) is 4.10. The van der Waals surface area contributed by atoms with Gasteiger partial charge in [0.15, 0.2) is 11.5 Å².